The van der Waals surface area contributed by atoms with Gasteiger partial charge in [-0.2, -0.15) is 0 Å². The zero-order valence-electron chi connectivity index (χ0n) is 28.1. The van der Waals surface area contributed by atoms with Crippen LogP contribution in [0.15, 0.2) is 54.6 Å². The number of hydrogen-bond donors (Lipinski definition) is 2. The third-order valence-corrected chi connectivity index (χ3v) is 7.04. The number of alkyl carbamates (subject to hydrolysis) is 1. The van der Waals surface area contributed by atoms with Gasteiger partial charge in [-0.1, -0.05) is 74.7 Å². The van der Waals surface area contributed by atoms with Crippen LogP contribution >= 0.6 is 0 Å². The molecule has 2 N–H and O–H groups in total. The first-order valence-corrected chi connectivity index (χ1v) is 15.4. The molecule has 0 aliphatic rings. The quantitative estimate of drug-likeness (QED) is 0.237. The molecule has 4 atom stereocenters. The van der Waals surface area contributed by atoms with Crippen LogP contribution in [0.2, 0.25) is 0 Å². The van der Waals surface area contributed by atoms with E-state index >= 15 is 0 Å². The highest BCUT2D eigenvalue weighted by atomic mass is 16.6. The van der Waals surface area contributed by atoms with E-state index in [0.29, 0.717) is 17.5 Å². The highest BCUT2D eigenvalue weighted by Crippen LogP contribution is 2.27. The van der Waals surface area contributed by atoms with Gasteiger partial charge in [0.1, 0.15) is 29.3 Å². The molecule has 4 unspecified atom stereocenters. The normalized spacial score (nSPS) is 14.1. The molecule has 0 radical (unpaired) electrons. The monoisotopic (exact) mass is 619 g/mol. The minimum Gasteiger partial charge on any atom is -0.458 e. The third kappa shape index (κ3) is 11.3. The van der Waals surface area contributed by atoms with Crippen LogP contribution in [0.5, 0.6) is 0 Å². The summed E-state index contributed by atoms with van der Waals surface area (Å²) in [5, 5.41) is 5.61. The van der Waals surface area contributed by atoms with E-state index in [0.717, 1.165) is 5.56 Å². The molecule has 0 heterocycles. The summed E-state index contributed by atoms with van der Waals surface area (Å²) in [5.41, 5.74) is 0.0721. The lowest BCUT2D eigenvalue weighted by atomic mass is 9.94. The van der Waals surface area contributed by atoms with Gasteiger partial charge in [0.05, 0.1) is 0 Å². The first-order valence-electron chi connectivity index (χ1n) is 15.4. The summed E-state index contributed by atoms with van der Waals surface area (Å²) in [6, 6.07) is 12.9. The Kier molecular flexibility index (Phi) is 13.2. The summed E-state index contributed by atoms with van der Waals surface area (Å²) >= 11 is 0. The molecule has 0 aromatic heterocycles. The first kappa shape index (κ1) is 36.9. The maximum Gasteiger partial charge on any atom is 0.408 e. The zero-order valence-corrected chi connectivity index (χ0v) is 28.1. The van der Waals surface area contributed by atoms with Gasteiger partial charge in [-0.3, -0.25) is 9.59 Å². The van der Waals surface area contributed by atoms with E-state index in [1.54, 1.807) is 72.7 Å². The minimum atomic E-state index is -1.22. The molecule has 9 heteroatoms. The predicted molar refractivity (Wildman–Crippen MR) is 175 cm³/mol. The van der Waals surface area contributed by atoms with E-state index in [1.165, 1.54) is 4.90 Å². The molecule has 0 spiro atoms. The van der Waals surface area contributed by atoms with Crippen LogP contribution in [0.3, 0.4) is 0 Å². The lowest BCUT2D eigenvalue weighted by Crippen LogP contribution is -2.56. The van der Waals surface area contributed by atoms with E-state index in [2.05, 4.69) is 16.6 Å². The fraction of sp³-hybridized carbons (Fsp3) is 0.500. The van der Waals surface area contributed by atoms with E-state index in [1.807, 2.05) is 44.2 Å². The summed E-state index contributed by atoms with van der Waals surface area (Å²) in [6.45, 7) is 16.1. The molecule has 0 bridgehead atoms. The van der Waals surface area contributed by atoms with Gasteiger partial charge < -0.3 is 25.0 Å². The van der Waals surface area contributed by atoms with Crippen LogP contribution < -0.4 is 10.6 Å². The van der Waals surface area contributed by atoms with Crippen molar-refractivity contribution in [3.63, 3.8) is 0 Å². The van der Waals surface area contributed by atoms with Gasteiger partial charge in [-0.05, 0) is 71.6 Å². The number of nitrogens with zero attached hydrogens (tertiary/aromatic N) is 1. The fourth-order valence-corrected chi connectivity index (χ4v) is 4.75. The lowest BCUT2D eigenvalue weighted by Gasteiger charge is -2.36. The predicted octanol–water partition coefficient (Wildman–Crippen LogP) is 5.57. The van der Waals surface area contributed by atoms with E-state index in [-0.39, 0.29) is 18.9 Å². The van der Waals surface area contributed by atoms with E-state index in [4.69, 9.17) is 15.9 Å². The summed E-state index contributed by atoms with van der Waals surface area (Å²) in [4.78, 5) is 56.3. The Morgan fingerprint density at radius 3 is 1.98 bits per heavy atom. The Morgan fingerprint density at radius 2 is 1.44 bits per heavy atom. The van der Waals surface area contributed by atoms with Gasteiger partial charge in [0, 0.05) is 18.5 Å². The summed E-state index contributed by atoms with van der Waals surface area (Å²) in [6.07, 6.45) is 5.84. The average Bonchev–Trinajstić information content (AvgIpc) is 2.96. The van der Waals surface area contributed by atoms with E-state index < -0.39 is 53.2 Å². The standard InChI is InChI=1S/C36H49N3O6/c1-11-24(4)29(38-34(43)45-36(8,9)10)32(41)39(13-3)30(27-22-18-17-21-26(27)12-2)31(40)37-28(33(42)44-35(5,6)7)23-25-19-15-14-16-20-25/h2,14-22,24,28-30H,11,13,23H2,1,3-10H3,(H,37,40)(H,38,43). The number of nitrogens with one attached hydrogen (secondary N) is 2. The van der Waals surface area contributed by atoms with Crippen molar-refractivity contribution < 1.29 is 28.7 Å². The second kappa shape index (κ2) is 16.1. The van der Waals surface area contributed by atoms with Crippen molar-refractivity contribution >= 4 is 23.9 Å². The van der Waals surface area contributed by atoms with Gasteiger partial charge >= 0.3 is 12.1 Å². The first-order chi connectivity index (χ1) is 21.0. The molecule has 2 aromatic carbocycles. The fourth-order valence-electron chi connectivity index (χ4n) is 4.75. The topological polar surface area (TPSA) is 114 Å². The highest BCUT2D eigenvalue weighted by molar-refractivity contribution is 5.94. The largest absolute Gasteiger partial charge is 0.458 e. The molecule has 2 rings (SSSR count). The van der Waals surface area contributed by atoms with Crippen LogP contribution in [0.4, 0.5) is 4.79 Å². The maximum absolute atomic E-state index is 14.4. The van der Waals surface area contributed by atoms with Crippen molar-refractivity contribution in [2.24, 2.45) is 5.92 Å². The number of hydrogen-bond acceptors (Lipinski definition) is 6. The second-order valence-electron chi connectivity index (χ2n) is 13.1. The van der Waals surface area contributed by atoms with E-state index in [9.17, 15) is 19.2 Å². The summed E-state index contributed by atoms with van der Waals surface area (Å²) in [5.74, 6) is 0.619. The van der Waals surface area contributed by atoms with Crippen molar-refractivity contribution in [1.82, 2.24) is 15.5 Å². The Morgan fingerprint density at radius 1 is 0.867 bits per heavy atom. The van der Waals surface area contributed by atoms with Crippen molar-refractivity contribution in [3.8, 4) is 12.3 Å². The molecule has 3 amide bonds. The molecule has 0 saturated heterocycles. The van der Waals surface area contributed by atoms with Crippen molar-refractivity contribution in [1.29, 1.82) is 0 Å². The zero-order chi connectivity index (χ0) is 33.9. The van der Waals surface area contributed by atoms with Crippen molar-refractivity contribution in [3.05, 3.63) is 71.3 Å². The lowest BCUT2D eigenvalue weighted by molar-refractivity contribution is -0.159. The molecule has 0 aliphatic carbocycles. The Hall–Kier alpha value is -4.32. The Balaban J connectivity index is 2.61. The van der Waals surface area contributed by atoms with Gasteiger partial charge in [0.25, 0.3) is 0 Å². The van der Waals surface area contributed by atoms with Crippen LogP contribution in [0, 0.1) is 18.3 Å². The maximum atomic E-state index is 14.4. The summed E-state index contributed by atoms with van der Waals surface area (Å²) < 4.78 is 11.1. The van der Waals surface area contributed by atoms with Crippen molar-refractivity contribution in [2.45, 2.75) is 104 Å². The van der Waals surface area contributed by atoms with Crippen LogP contribution in [-0.4, -0.2) is 58.6 Å². The Bertz CT molecular complexity index is 1350. The Labute approximate surface area is 268 Å². The number of carbonyl (C=O) groups is 4. The van der Waals surface area contributed by atoms with Crippen LogP contribution in [0.1, 0.15) is 91.5 Å². The molecule has 2 aromatic rings. The van der Waals surface area contributed by atoms with Crippen molar-refractivity contribution in [2.75, 3.05) is 6.54 Å². The minimum absolute atomic E-state index is 0.106. The highest BCUT2D eigenvalue weighted by Gasteiger charge is 2.39. The number of ether oxygens (including phenoxy) is 2. The van der Waals surface area contributed by atoms with Gasteiger partial charge in [-0.25, -0.2) is 9.59 Å². The number of carbonyl (C=O) groups excluding carboxylic acids is 4. The molecule has 0 fully saturated rings. The molecule has 9 nitrogen and oxygen atoms in total. The summed E-state index contributed by atoms with van der Waals surface area (Å²) in [7, 11) is 0. The smallest absolute Gasteiger partial charge is 0.408 e. The SMILES string of the molecule is C#Cc1ccccc1C(C(=O)NC(Cc1ccccc1)C(=O)OC(C)(C)C)N(CC)C(=O)C(NC(=O)OC(C)(C)C)C(C)CC. The number of benzene rings is 2. The van der Waals surface area contributed by atoms with Gasteiger partial charge in [0.2, 0.25) is 11.8 Å². The average molecular weight is 620 g/mol. The third-order valence-electron chi connectivity index (χ3n) is 7.04. The van der Waals surface area contributed by atoms with Gasteiger partial charge in [-0.15, -0.1) is 6.42 Å². The molecule has 0 aliphatic heterocycles. The van der Waals surface area contributed by atoms with Gasteiger partial charge in [0.15, 0.2) is 0 Å². The number of likely N-dealkylation sites (N-methyl/N-ethyl adjacent to an activating group) is 1. The molecule has 45 heavy (non-hydrogen) atoms. The van der Waals surface area contributed by atoms with Crippen LogP contribution in [-0.2, 0) is 30.3 Å². The molecule has 0 saturated carbocycles. The molecule has 244 valence electrons. The number of rotatable bonds is 12. The van der Waals surface area contributed by atoms with Crippen LogP contribution in [0.25, 0.3) is 0 Å². The number of terminal acetylenes is 1. The number of amides is 3. The molecular weight excluding hydrogens is 570 g/mol. The second-order valence-corrected chi connectivity index (χ2v) is 13.1. The number of esters is 1. The molecular formula is C36H49N3O6.